The van der Waals surface area contributed by atoms with Crippen LogP contribution in [-0.2, 0) is 17.4 Å². The summed E-state index contributed by atoms with van der Waals surface area (Å²) in [4.78, 5) is 12.0. The topological polar surface area (TPSA) is 43.1 Å². The van der Waals surface area contributed by atoms with Crippen molar-refractivity contribution >= 4 is 5.78 Å². The zero-order chi connectivity index (χ0) is 16.0. The fraction of sp³-hybridized carbons (Fsp3) is 0.562. The van der Waals surface area contributed by atoms with Crippen molar-refractivity contribution in [3.8, 4) is 0 Å². The monoisotopic (exact) mass is 301 g/mol. The largest absolute Gasteiger partial charge is 0.416 e. The molecule has 0 aliphatic heterocycles. The molecule has 1 unspecified atom stereocenters. The number of halogens is 3. The van der Waals surface area contributed by atoms with E-state index < -0.39 is 11.7 Å². The molecular weight excluding hydrogens is 279 g/mol. The van der Waals surface area contributed by atoms with E-state index in [0.29, 0.717) is 24.4 Å². The number of hydrogen-bond donors (Lipinski definition) is 1. The second-order valence-corrected chi connectivity index (χ2v) is 5.85. The van der Waals surface area contributed by atoms with Crippen LogP contribution in [0.2, 0.25) is 0 Å². The molecule has 2 N–H and O–H groups in total. The van der Waals surface area contributed by atoms with E-state index in [2.05, 4.69) is 13.8 Å². The van der Waals surface area contributed by atoms with Gasteiger partial charge < -0.3 is 5.73 Å². The van der Waals surface area contributed by atoms with Crippen molar-refractivity contribution in [3.63, 3.8) is 0 Å². The van der Waals surface area contributed by atoms with Gasteiger partial charge in [0.05, 0.1) is 5.56 Å². The number of alkyl halides is 3. The van der Waals surface area contributed by atoms with Gasteiger partial charge in [0.1, 0.15) is 5.78 Å². The summed E-state index contributed by atoms with van der Waals surface area (Å²) in [5.74, 6) is 0.634. The van der Waals surface area contributed by atoms with Gasteiger partial charge >= 0.3 is 6.18 Å². The maximum Gasteiger partial charge on any atom is 0.416 e. The fourth-order valence-corrected chi connectivity index (χ4v) is 2.36. The molecule has 0 aliphatic rings. The van der Waals surface area contributed by atoms with Gasteiger partial charge in [-0.05, 0) is 42.5 Å². The molecule has 118 valence electrons. The Balaban J connectivity index is 2.58. The lowest BCUT2D eigenvalue weighted by Gasteiger charge is -2.16. The number of carbonyl (C=O) groups excluding carboxylic acids is 1. The van der Waals surface area contributed by atoms with Gasteiger partial charge in [0.15, 0.2) is 0 Å². The van der Waals surface area contributed by atoms with Crippen molar-refractivity contribution in [2.45, 2.75) is 39.3 Å². The Morgan fingerprint density at radius 1 is 1.19 bits per heavy atom. The van der Waals surface area contributed by atoms with Crippen LogP contribution in [0.3, 0.4) is 0 Å². The summed E-state index contributed by atoms with van der Waals surface area (Å²) in [5, 5.41) is 0. The molecule has 0 saturated heterocycles. The van der Waals surface area contributed by atoms with Crippen LogP contribution in [0.1, 0.15) is 37.8 Å². The summed E-state index contributed by atoms with van der Waals surface area (Å²) in [5.41, 5.74) is 5.56. The molecule has 0 saturated carbocycles. The quantitative estimate of drug-likeness (QED) is 0.831. The van der Waals surface area contributed by atoms with E-state index in [4.69, 9.17) is 5.73 Å². The number of Topliss-reactive ketones (excluding diaryl/α,β-unsaturated/α-hetero) is 1. The minimum atomic E-state index is -4.34. The van der Waals surface area contributed by atoms with Gasteiger partial charge in [-0.25, -0.2) is 0 Å². The minimum absolute atomic E-state index is 0.0193. The summed E-state index contributed by atoms with van der Waals surface area (Å²) < 4.78 is 37.3. The average Bonchev–Trinajstić information content (AvgIpc) is 2.36. The normalized spacial score (nSPS) is 13.5. The number of hydrogen-bond acceptors (Lipinski definition) is 2. The molecule has 0 fully saturated rings. The van der Waals surface area contributed by atoms with Crippen molar-refractivity contribution in [2.24, 2.45) is 17.6 Å². The van der Waals surface area contributed by atoms with E-state index in [1.807, 2.05) is 0 Å². The zero-order valence-electron chi connectivity index (χ0n) is 12.4. The van der Waals surface area contributed by atoms with Gasteiger partial charge in [-0.1, -0.05) is 26.0 Å². The third-order valence-corrected chi connectivity index (χ3v) is 3.34. The molecule has 1 atom stereocenters. The van der Waals surface area contributed by atoms with Gasteiger partial charge in [0.25, 0.3) is 0 Å². The van der Waals surface area contributed by atoms with Gasteiger partial charge in [-0.15, -0.1) is 0 Å². The molecule has 21 heavy (non-hydrogen) atoms. The maximum atomic E-state index is 12.4. The van der Waals surface area contributed by atoms with Gasteiger partial charge in [-0.3, -0.25) is 4.79 Å². The summed E-state index contributed by atoms with van der Waals surface area (Å²) in [7, 11) is 0. The molecule has 1 aromatic rings. The van der Waals surface area contributed by atoms with E-state index in [0.717, 1.165) is 18.6 Å². The lowest BCUT2D eigenvalue weighted by molar-refractivity contribution is -0.137. The highest BCUT2D eigenvalue weighted by Crippen LogP contribution is 2.29. The van der Waals surface area contributed by atoms with Crippen molar-refractivity contribution in [2.75, 3.05) is 6.54 Å². The number of rotatable bonds is 7. The van der Waals surface area contributed by atoms with Crippen molar-refractivity contribution in [3.05, 3.63) is 35.4 Å². The number of nitrogens with two attached hydrogens (primary N) is 1. The summed E-state index contributed by atoms with van der Waals surface area (Å²) in [6.07, 6.45) is -2.91. The average molecular weight is 301 g/mol. The van der Waals surface area contributed by atoms with Crippen LogP contribution in [0.4, 0.5) is 13.2 Å². The Morgan fingerprint density at radius 2 is 1.76 bits per heavy atom. The molecule has 2 nitrogen and oxygen atoms in total. The van der Waals surface area contributed by atoms with E-state index in [1.54, 1.807) is 0 Å². The molecule has 0 amide bonds. The molecule has 1 aromatic carbocycles. The highest BCUT2D eigenvalue weighted by Gasteiger charge is 2.30. The van der Waals surface area contributed by atoms with Crippen LogP contribution >= 0.6 is 0 Å². The third kappa shape index (κ3) is 6.29. The molecule has 0 aromatic heterocycles. The van der Waals surface area contributed by atoms with Crippen LogP contribution in [0.5, 0.6) is 0 Å². The van der Waals surface area contributed by atoms with Crippen LogP contribution in [0.15, 0.2) is 24.3 Å². The molecule has 0 bridgehead atoms. The van der Waals surface area contributed by atoms with E-state index in [9.17, 15) is 18.0 Å². The van der Waals surface area contributed by atoms with Crippen LogP contribution in [-0.4, -0.2) is 12.3 Å². The number of carbonyl (C=O) groups is 1. The Kier molecular flexibility index (Phi) is 6.40. The molecule has 0 radical (unpaired) electrons. The Bertz CT molecular complexity index is 452. The van der Waals surface area contributed by atoms with Crippen LogP contribution in [0.25, 0.3) is 0 Å². The minimum Gasteiger partial charge on any atom is -0.330 e. The molecular formula is C16H22F3NO. The lowest BCUT2D eigenvalue weighted by Crippen LogP contribution is -2.20. The molecule has 5 heteroatoms. The van der Waals surface area contributed by atoms with E-state index in [-0.39, 0.29) is 18.1 Å². The van der Waals surface area contributed by atoms with Gasteiger partial charge in [0.2, 0.25) is 0 Å². The molecule has 0 aliphatic carbocycles. The highest BCUT2D eigenvalue weighted by molar-refractivity contribution is 5.81. The molecule has 0 spiro atoms. The summed E-state index contributed by atoms with van der Waals surface area (Å²) in [6, 6.07) is 4.75. The molecule has 1 rings (SSSR count). The van der Waals surface area contributed by atoms with Crippen molar-refractivity contribution < 1.29 is 18.0 Å². The predicted molar refractivity (Wildman–Crippen MR) is 76.8 cm³/mol. The SMILES string of the molecule is CC(C)CC(CN)CC(=O)Cc1ccc(C(F)(F)F)cc1. The predicted octanol–water partition coefficient (Wildman–Crippen LogP) is 3.83. The van der Waals surface area contributed by atoms with Crippen molar-refractivity contribution in [1.82, 2.24) is 0 Å². The second-order valence-electron chi connectivity index (χ2n) is 5.85. The first kappa shape index (κ1) is 17.7. The Morgan fingerprint density at radius 3 is 2.19 bits per heavy atom. The molecule has 0 heterocycles. The van der Waals surface area contributed by atoms with E-state index >= 15 is 0 Å². The summed E-state index contributed by atoms with van der Waals surface area (Å²) in [6.45, 7) is 4.60. The second kappa shape index (κ2) is 7.59. The standard InChI is InChI=1S/C16H22F3NO/c1-11(2)7-13(10-20)9-15(21)8-12-3-5-14(6-4-12)16(17,18)19/h3-6,11,13H,7-10,20H2,1-2H3. The maximum absolute atomic E-state index is 12.4. The Hall–Kier alpha value is -1.36. The first-order valence-corrected chi connectivity index (χ1v) is 7.10. The third-order valence-electron chi connectivity index (χ3n) is 3.34. The fourth-order valence-electron chi connectivity index (χ4n) is 2.36. The highest BCUT2D eigenvalue weighted by atomic mass is 19.4. The van der Waals surface area contributed by atoms with Gasteiger partial charge in [-0.2, -0.15) is 13.2 Å². The van der Waals surface area contributed by atoms with Crippen LogP contribution < -0.4 is 5.73 Å². The zero-order valence-corrected chi connectivity index (χ0v) is 12.4. The van der Waals surface area contributed by atoms with Crippen molar-refractivity contribution in [1.29, 1.82) is 0 Å². The smallest absolute Gasteiger partial charge is 0.330 e. The van der Waals surface area contributed by atoms with Gasteiger partial charge in [0, 0.05) is 12.8 Å². The first-order valence-electron chi connectivity index (χ1n) is 7.10. The first-order chi connectivity index (χ1) is 9.72. The van der Waals surface area contributed by atoms with Crippen LogP contribution in [0, 0.1) is 11.8 Å². The lowest BCUT2D eigenvalue weighted by atomic mass is 9.91. The summed E-state index contributed by atoms with van der Waals surface area (Å²) >= 11 is 0. The van der Waals surface area contributed by atoms with E-state index in [1.165, 1.54) is 12.1 Å². The number of ketones is 1. The Labute approximate surface area is 123 Å². The number of benzene rings is 1.